The van der Waals surface area contributed by atoms with Gasteiger partial charge in [0.1, 0.15) is 16.8 Å². The van der Waals surface area contributed by atoms with Crippen molar-refractivity contribution in [2.24, 2.45) is 11.5 Å². The van der Waals surface area contributed by atoms with Crippen LogP contribution in [0, 0.1) is 13.8 Å². The monoisotopic (exact) mass is 1470 g/mol. The van der Waals surface area contributed by atoms with E-state index < -0.39 is 17.8 Å². The number of anilines is 5. The number of hydrogen-bond donors (Lipinski definition) is 10. The molecule has 17 rings (SSSR count). The van der Waals surface area contributed by atoms with Crippen LogP contribution in [-0.4, -0.2) is 119 Å². The number of nitrogens with one attached hydrogen (secondary N) is 5. The highest BCUT2D eigenvalue weighted by molar-refractivity contribution is 6.34. The Bertz CT molecular complexity index is 6070. The fraction of sp³-hybridized carbons (Fsp3) is 0.0256. The first kappa shape index (κ1) is 74.6. The third kappa shape index (κ3) is 19.4. The molecule has 0 aliphatic rings. The van der Waals surface area contributed by atoms with Gasteiger partial charge in [-0.05, 0) is 152 Å². The lowest BCUT2D eigenvalue weighted by molar-refractivity contribution is 0.0695. The number of aryl methyl sites for hydroxylation is 2. The van der Waals surface area contributed by atoms with Crippen molar-refractivity contribution >= 4 is 118 Å². The van der Waals surface area contributed by atoms with Gasteiger partial charge >= 0.3 is 5.97 Å². The zero-order valence-electron chi connectivity index (χ0n) is 57.7. The van der Waals surface area contributed by atoms with Gasteiger partial charge in [-0.25, -0.2) is 29.7 Å². The van der Waals surface area contributed by atoms with Gasteiger partial charge in [-0.2, -0.15) is 0 Å². The number of carbonyl (C=O) groups excluding carboxylic acids is 3. The number of aromatic carboxylic acids is 1. The van der Waals surface area contributed by atoms with E-state index in [1.165, 1.54) is 90.8 Å². The van der Waals surface area contributed by atoms with E-state index >= 15 is 0 Å². The molecule has 0 aliphatic heterocycles. The van der Waals surface area contributed by atoms with Crippen LogP contribution < -0.4 is 39.1 Å². The van der Waals surface area contributed by atoms with E-state index in [0.29, 0.717) is 50.5 Å². The van der Waals surface area contributed by atoms with E-state index in [9.17, 15) is 24.0 Å². The SMILES string of the molecule is Cc1c(N)ccc2[nH]ccc12.Cc1c(Nc2nc(-c3ccncc3)nc3ccncc23)ccc2[nH]ccc12.Clc1nc(-c2ccncc2)nc2ccncc12.NC(=O)c1cnccc1N.NC(=O)c1cnccc1NC(=O)c1ccncc1.O=C(O)c1ccncc1.O=c1[nH]c(-c2ccncc2)nc2ccncc12. The molecule has 0 saturated heterocycles. The summed E-state index contributed by atoms with van der Waals surface area (Å²) >= 11 is 6.11. The Hall–Kier alpha value is -15.6. The molecule has 0 fully saturated rings. The van der Waals surface area contributed by atoms with Gasteiger partial charge in [0, 0.05) is 197 Å². The average molecular weight is 1470 g/mol. The quantitative estimate of drug-likeness (QED) is 0.0449. The molecule has 3 amide bonds. The molecule has 15 heterocycles. The van der Waals surface area contributed by atoms with E-state index in [1.807, 2.05) is 73.9 Å². The van der Waals surface area contributed by atoms with Crippen molar-refractivity contribution < 1.29 is 24.3 Å². The Kier molecular flexibility index (Phi) is 24.7. The minimum atomic E-state index is -0.919. The molecule has 14 N–H and O–H groups in total. The third-order valence-electron chi connectivity index (χ3n) is 15.9. The van der Waals surface area contributed by atoms with Crippen molar-refractivity contribution in [2.75, 3.05) is 22.1 Å². The van der Waals surface area contributed by atoms with Crippen molar-refractivity contribution in [3.05, 3.63) is 313 Å². The molecule has 538 valence electrons. The van der Waals surface area contributed by atoms with Crippen LogP contribution in [-0.2, 0) is 0 Å². The molecule has 0 atom stereocenters. The Morgan fingerprint density at radius 1 is 0.413 bits per heavy atom. The summed E-state index contributed by atoms with van der Waals surface area (Å²) in [5.74, 6) is 0.0614. The van der Waals surface area contributed by atoms with Crippen molar-refractivity contribution in [2.45, 2.75) is 13.8 Å². The minimum Gasteiger partial charge on any atom is -0.478 e. The molecule has 2 aromatic carbocycles. The van der Waals surface area contributed by atoms with Gasteiger partial charge in [0.05, 0.1) is 55.1 Å². The highest BCUT2D eigenvalue weighted by atomic mass is 35.5. The van der Waals surface area contributed by atoms with Crippen LogP contribution in [0.25, 0.3) is 88.7 Å². The van der Waals surface area contributed by atoms with E-state index in [4.69, 9.17) is 44.6 Å². The molecule has 109 heavy (non-hydrogen) atoms. The maximum absolute atomic E-state index is 11.9. The molecule has 30 nitrogen and oxygen atoms in total. The number of benzene rings is 2. The van der Waals surface area contributed by atoms with Crippen molar-refractivity contribution in [3.63, 3.8) is 0 Å². The lowest BCUT2D eigenvalue weighted by Crippen LogP contribution is -2.18. The van der Waals surface area contributed by atoms with Gasteiger partial charge in [-0.3, -0.25) is 69.0 Å². The van der Waals surface area contributed by atoms with Crippen molar-refractivity contribution in [1.29, 1.82) is 0 Å². The molecule has 0 aliphatic carbocycles. The summed E-state index contributed by atoms with van der Waals surface area (Å²) < 4.78 is 0. The highest BCUT2D eigenvalue weighted by Crippen LogP contribution is 2.32. The second-order valence-electron chi connectivity index (χ2n) is 22.9. The number of fused-ring (bicyclic) bond motifs is 5. The zero-order valence-corrected chi connectivity index (χ0v) is 58.5. The molecule has 31 heteroatoms. The van der Waals surface area contributed by atoms with Crippen LogP contribution in [0.5, 0.6) is 0 Å². The number of aromatic nitrogens is 18. The summed E-state index contributed by atoms with van der Waals surface area (Å²) in [5.41, 5.74) is 34.3. The molecule has 0 unspecified atom stereocenters. The van der Waals surface area contributed by atoms with E-state index in [1.54, 1.807) is 98.5 Å². The van der Waals surface area contributed by atoms with Gasteiger partial charge in [0.2, 0.25) is 0 Å². The zero-order chi connectivity index (χ0) is 76.6. The predicted molar refractivity (Wildman–Crippen MR) is 417 cm³/mol. The maximum Gasteiger partial charge on any atom is 0.335 e. The number of hydrogen-bond acceptors (Lipinski definition) is 23. The number of carboxylic acids is 1. The smallest absolute Gasteiger partial charge is 0.335 e. The number of rotatable bonds is 10. The van der Waals surface area contributed by atoms with Crippen molar-refractivity contribution in [3.8, 4) is 34.2 Å². The average Bonchev–Trinajstić information content (AvgIpc) is 1.17. The molecular weight excluding hydrogens is 1400 g/mol. The fourth-order valence-corrected chi connectivity index (χ4v) is 10.5. The lowest BCUT2D eigenvalue weighted by Gasteiger charge is -2.13. The number of amides is 3. The van der Waals surface area contributed by atoms with Crippen LogP contribution in [0.2, 0.25) is 5.15 Å². The summed E-state index contributed by atoms with van der Waals surface area (Å²) in [5, 5.41) is 19.4. The number of H-pyrrole nitrogens is 3. The Morgan fingerprint density at radius 2 is 0.862 bits per heavy atom. The molecular formula is C78H63ClN24O6. The number of carbonyl (C=O) groups is 4. The van der Waals surface area contributed by atoms with E-state index in [0.717, 1.165) is 77.8 Å². The fourth-order valence-electron chi connectivity index (χ4n) is 10.2. The topological polar surface area (TPSA) is 474 Å². The summed E-state index contributed by atoms with van der Waals surface area (Å²) in [7, 11) is 0. The number of pyridine rings is 10. The Balaban J connectivity index is 0.000000130. The maximum atomic E-state index is 11.9. The lowest BCUT2D eigenvalue weighted by atomic mass is 10.1. The largest absolute Gasteiger partial charge is 0.478 e. The minimum absolute atomic E-state index is 0.167. The molecule has 0 radical (unpaired) electrons. The van der Waals surface area contributed by atoms with Crippen LogP contribution in [0.4, 0.5) is 28.6 Å². The molecule has 15 aromatic heterocycles. The van der Waals surface area contributed by atoms with Gasteiger partial charge in [0.25, 0.3) is 23.3 Å². The first-order valence-electron chi connectivity index (χ1n) is 32.7. The molecule has 17 aromatic rings. The van der Waals surface area contributed by atoms with E-state index in [-0.39, 0.29) is 28.2 Å². The van der Waals surface area contributed by atoms with Gasteiger partial charge in [-0.1, -0.05) is 11.6 Å². The second kappa shape index (κ2) is 36.0. The number of nitrogen functional groups attached to an aromatic ring is 2. The van der Waals surface area contributed by atoms with Crippen LogP contribution in [0.1, 0.15) is 52.6 Å². The first-order valence-corrected chi connectivity index (χ1v) is 33.0. The van der Waals surface area contributed by atoms with E-state index in [2.05, 4.69) is 120 Å². The van der Waals surface area contributed by atoms with Crippen LogP contribution in [0.3, 0.4) is 0 Å². The summed E-state index contributed by atoms with van der Waals surface area (Å²) in [6, 6.07) is 37.8. The van der Waals surface area contributed by atoms with Gasteiger partial charge in [-0.15, -0.1) is 0 Å². The van der Waals surface area contributed by atoms with Crippen LogP contribution >= 0.6 is 11.6 Å². The first-order chi connectivity index (χ1) is 53.0. The number of carboxylic acid groups (broad SMARTS) is 1. The van der Waals surface area contributed by atoms with Gasteiger partial charge < -0.3 is 53.6 Å². The Labute approximate surface area is 623 Å². The summed E-state index contributed by atoms with van der Waals surface area (Å²) in [4.78, 5) is 126. The number of halogens is 1. The number of nitrogens with two attached hydrogens (primary N) is 4. The summed E-state index contributed by atoms with van der Waals surface area (Å²) in [6.45, 7) is 4.13. The number of nitrogens with zero attached hydrogens (tertiary/aromatic N) is 15. The Morgan fingerprint density at radius 3 is 1.40 bits per heavy atom. The third-order valence-corrected chi connectivity index (χ3v) is 16.2. The normalized spacial score (nSPS) is 10.3. The molecule has 0 saturated carbocycles. The number of primary amides is 2. The van der Waals surface area contributed by atoms with Crippen molar-refractivity contribution in [1.82, 2.24) is 89.7 Å². The van der Waals surface area contributed by atoms with Crippen LogP contribution in [0.15, 0.2) is 269 Å². The number of aromatic amines is 3. The predicted octanol–water partition coefficient (Wildman–Crippen LogP) is 12.2. The van der Waals surface area contributed by atoms with Gasteiger partial charge in [0.15, 0.2) is 11.6 Å². The molecule has 0 spiro atoms. The molecule has 0 bridgehead atoms. The highest BCUT2D eigenvalue weighted by Gasteiger charge is 2.16. The second-order valence-corrected chi connectivity index (χ2v) is 23.3. The summed E-state index contributed by atoms with van der Waals surface area (Å²) in [6.07, 6.45) is 35.6. The standard InChI is InChI=1S/C21H16N6.C12H7ClN4.C12H10N4O2.C12H8N4O.C9H10N2.C6H7N3O.C6H5NO2/c1-13-15-6-11-24-18(15)3-2-17(13)25-21-16-12-23-10-7-19(16)26-20(27-21)14-4-8-22-9-5-14;13-11-9-7-15-6-3-10(9)16-12(17-11)8-1-4-14-5-2-8;13-11(17)9-7-15-6-3-10(9)16-12(18)8-1-4-14-5-2-8;17-12-9-7-14-6-3-10(9)15-11(16-12)8-1-4-13-5-2-8;1-6-7-4-5-11-9(7)3-2-8(6)10;7-5-1-2-9-3-4(5)6(8)10;8-6(9)5-1-3-7-4-2-5/h2-12,24H,1H3,(H,25,26,27);1-7H;1-7H,(H2,13,17)(H,15,16,18);1-7H,(H,15,16,17);2-5,11H,10H2,1H3;1-3H,(H2,7,9)(H2,8,10);1-4H,(H,8,9).